The summed E-state index contributed by atoms with van der Waals surface area (Å²) in [6.45, 7) is 2.11. The summed E-state index contributed by atoms with van der Waals surface area (Å²) in [4.78, 5) is 4.09. The number of thiophene rings is 1. The normalized spacial score (nSPS) is 10.7. The van der Waals surface area contributed by atoms with Gasteiger partial charge in [0.1, 0.15) is 0 Å². The Balaban J connectivity index is 2.96. The highest BCUT2D eigenvalue weighted by Gasteiger charge is 2.02. The van der Waals surface area contributed by atoms with Crippen molar-refractivity contribution < 1.29 is 0 Å². The second kappa shape index (κ2) is 2.57. The van der Waals surface area contributed by atoms with Crippen LogP contribution in [-0.4, -0.2) is 4.98 Å². The van der Waals surface area contributed by atoms with Gasteiger partial charge in [-0.1, -0.05) is 0 Å². The van der Waals surface area contributed by atoms with Crippen LogP contribution in [0.3, 0.4) is 0 Å². The Morgan fingerprint density at radius 2 is 2.27 bits per heavy atom. The van der Waals surface area contributed by atoms with Crippen LogP contribution in [0.4, 0.5) is 0 Å². The molecular weight excluding hydrogens is 222 g/mol. The Morgan fingerprint density at radius 1 is 1.45 bits per heavy atom. The Morgan fingerprint density at radius 3 is 3.00 bits per heavy atom. The van der Waals surface area contributed by atoms with Crippen LogP contribution in [0.2, 0.25) is 0 Å². The number of nitrogens with zero attached hydrogens (tertiary/aromatic N) is 1. The summed E-state index contributed by atoms with van der Waals surface area (Å²) >= 11 is 5.21. The van der Waals surface area contributed by atoms with Gasteiger partial charge in [-0.05, 0) is 33.8 Å². The van der Waals surface area contributed by atoms with Crippen LogP contribution in [0.25, 0.3) is 10.1 Å². The molecule has 11 heavy (non-hydrogen) atoms. The van der Waals surface area contributed by atoms with E-state index >= 15 is 0 Å². The third-order valence-electron chi connectivity index (χ3n) is 1.62. The zero-order valence-electron chi connectivity index (χ0n) is 5.97. The summed E-state index contributed by atoms with van der Waals surface area (Å²) < 4.78 is 2.34. The van der Waals surface area contributed by atoms with Gasteiger partial charge < -0.3 is 0 Å². The fourth-order valence-corrected chi connectivity index (χ4v) is 2.81. The maximum atomic E-state index is 4.09. The second-order valence-electron chi connectivity index (χ2n) is 2.41. The molecular formula is C8H6BrNS. The molecule has 0 aliphatic carbocycles. The van der Waals surface area contributed by atoms with Crippen molar-refractivity contribution in [3.8, 4) is 0 Å². The minimum atomic E-state index is 1.09. The molecule has 56 valence electrons. The van der Waals surface area contributed by atoms with Gasteiger partial charge in [0.05, 0.1) is 4.70 Å². The Bertz CT molecular complexity index is 394. The Kier molecular flexibility index (Phi) is 1.69. The molecule has 0 atom stereocenters. The van der Waals surface area contributed by atoms with Crippen LogP contribution in [0.15, 0.2) is 22.2 Å². The molecule has 3 heteroatoms. The van der Waals surface area contributed by atoms with E-state index in [1.807, 2.05) is 12.4 Å². The molecule has 0 saturated carbocycles. The lowest BCUT2D eigenvalue weighted by molar-refractivity contribution is 1.35. The Labute approximate surface area is 77.2 Å². The highest BCUT2D eigenvalue weighted by Crippen LogP contribution is 2.30. The quantitative estimate of drug-likeness (QED) is 0.673. The number of pyridine rings is 1. The number of hydrogen-bond donors (Lipinski definition) is 0. The van der Waals surface area contributed by atoms with Crippen molar-refractivity contribution in [3.05, 3.63) is 27.8 Å². The second-order valence-corrected chi connectivity index (χ2v) is 4.18. The predicted molar refractivity (Wildman–Crippen MR) is 52.1 cm³/mol. The maximum absolute atomic E-state index is 4.09. The van der Waals surface area contributed by atoms with Crippen molar-refractivity contribution in [1.29, 1.82) is 0 Å². The molecule has 0 fully saturated rings. The standard InChI is InChI=1S/C8H6BrNS/c1-5-4-11-7-3-10-2-6(9)8(5)7/h2-4H,1H3. The van der Waals surface area contributed by atoms with E-state index in [4.69, 9.17) is 0 Å². The Hall–Kier alpha value is -0.410. The van der Waals surface area contributed by atoms with Gasteiger partial charge >= 0.3 is 0 Å². The number of hydrogen-bond acceptors (Lipinski definition) is 2. The number of halogens is 1. The third-order valence-corrected chi connectivity index (χ3v) is 3.26. The lowest BCUT2D eigenvalue weighted by Gasteiger charge is -1.92. The number of rotatable bonds is 0. The summed E-state index contributed by atoms with van der Waals surface area (Å²) in [5.74, 6) is 0. The van der Waals surface area contributed by atoms with Crippen LogP contribution >= 0.6 is 27.3 Å². The first-order chi connectivity index (χ1) is 5.29. The predicted octanol–water partition coefficient (Wildman–Crippen LogP) is 3.37. The highest BCUT2D eigenvalue weighted by molar-refractivity contribution is 9.10. The largest absolute Gasteiger partial charge is 0.262 e. The summed E-state index contributed by atoms with van der Waals surface area (Å²) in [6.07, 6.45) is 3.74. The molecule has 0 aromatic carbocycles. The van der Waals surface area contributed by atoms with E-state index in [0.717, 1.165) is 4.47 Å². The molecule has 2 aromatic heterocycles. The van der Waals surface area contributed by atoms with Crippen molar-refractivity contribution in [2.75, 3.05) is 0 Å². The van der Waals surface area contributed by atoms with Gasteiger partial charge in [0.25, 0.3) is 0 Å². The van der Waals surface area contributed by atoms with Crippen molar-refractivity contribution in [2.45, 2.75) is 6.92 Å². The van der Waals surface area contributed by atoms with Gasteiger partial charge in [0.15, 0.2) is 0 Å². The van der Waals surface area contributed by atoms with E-state index in [1.54, 1.807) is 11.3 Å². The van der Waals surface area contributed by atoms with E-state index in [2.05, 4.69) is 33.2 Å². The van der Waals surface area contributed by atoms with Crippen LogP contribution in [0.5, 0.6) is 0 Å². The third kappa shape index (κ3) is 1.08. The van der Waals surface area contributed by atoms with Gasteiger partial charge in [-0.3, -0.25) is 4.98 Å². The molecule has 0 N–H and O–H groups in total. The lowest BCUT2D eigenvalue weighted by Crippen LogP contribution is -1.73. The van der Waals surface area contributed by atoms with Gasteiger partial charge in [-0.15, -0.1) is 11.3 Å². The van der Waals surface area contributed by atoms with Gasteiger partial charge in [-0.25, -0.2) is 0 Å². The molecule has 0 bridgehead atoms. The average Bonchev–Trinajstić information content (AvgIpc) is 2.34. The van der Waals surface area contributed by atoms with Gasteiger partial charge in [0, 0.05) is 22.3 Å². The summed E-state index contributed by atoms with van der Waals surface area (Å²) in [5.41, 5.74) is 1.32. The van der Waals surface area contributed by atoms with E-state index in [1.165, 1.54) is 15.6 Å². The SMILES string of the molecule is Cc1csc2cncc(Br)c12. The smallest absolute Gasteiger partial charge is 0.0540 e. The molecule has 0 saturated heterocycles. The average molecular weight is 228 g/mol. The lowest BCUT2D eigenvalue weighted by atomic mass is 10.2. The first kappa shape index (κ1) is 7.25. The monoisotopic (exact) mass is 227 g/mol. The van der Waals surface area contributed by atoms with E-state index in [9.17, 15) is 0 Å². The number of aryl methyl sites for hydroxylation is 1. The first-order valence-corrected chi connectivity index (χ1v) is 4.93. The number of fused-ring (bicyclic) bond motifs is 1. The van der Waals surface area contributed by atoms with E-state index in [0.29, 0.717) is 0 Å². The summed E-state index contributed by atoms with van der Waals surface area (Å²) in [7, 11) is 0. The molecule has 2 rings (SSSR count). The van der Waals surface area contributed by atoms with Crippen molar-refractivity contribution in [1.82, 2.24) is 4.98 Å². The molecule has 2 aromatic rings. The molecule has 0 spiro atoms. The molecule has 0 unspecified atom stereocenters. The van der Waals surface area contributed by atoms with Crippen molar-refractivity contribution in [2.24, 2.45) is 0 Å². The van der Waals surface area contributed by atoms with Gasteiger partial charge in [0.2, 0.25) is 0 Å². The molecule has 0 amide bonds. The topological polar surface area (TPSA) is 12.9 Å². The molecule has 1 nitrogen and oxygen atoms in total. The zero-order valence-corrected chi connectivity index (χ0v) is 8.37. The minimum Gasteiger partial charge on any atom is -0.262 e. The van der Waals surface area contributed by atoms with Crippen molar-refractivity contribution in [3.63, 3.8) is 0 Å². The summed E-state index contributed by atoms with van der Waals surface area (Å²) in [5, 5.41) is 3.45. The van der Waals surface area contributed by atoms with Crippen LogP contribution < -0.4 is 0 Å². The molecule has 0 aliphatic rings. The summed E-state index contributed by atoms with van der Waals surface area (Å²) in [6, 6.07) is 0. The first-order valence-electron chi connectivity index (χ1n) is 3.26. The highest BCUT2D eigenvalue weighted by atomic mass is 79.9. The van der Waals surface area contributed by atoms with Crippen molar-refractivity contribution >= 4 is 37.4 Å². The fourth-order valence-electron chi connectivity index (χ4n) is 1.10. The van der Waals surface area contributed by atoms with Gasteiger partial charge in [-0.2, -0.15) is 0 Å². The number of aromatic nitrogens is 1. The molecule has 0 aliphatic heterocycles. The molecule has 0 radical (unpaired) electrons. The maximum Gasteiger partial charge on any atom is 0.0540 e. The van der Waals surface area contributed by atoms with E-state index < -0.39 is 0 Å². The van der Waals surface area contributed by atoms with Crippen LogP contribution in [-0.2, 0) is 0 Å². The molecule has 2 heterocycles. The van der Waals surface area contributed by atoms with Crippen LogP contribution in [0, 0.1) is 6.92 Å². The minimum absolute atomic E-state index is 1.09. The fraction of sp³-hybridized carbons (Fsp3) is 0.125. The van der Waals surface area contributed by atoms with E-state index in [-0.39, 0.29) is 0 Å². The van der Waals surface area contributed by atoms with Crippen LogP contribution in [0.1, 0.15) is 5.56 Å². The zero-order chi connectivity index (χ0) is 7.84.